The number of allylic oxidation sites excluding steroid dienone is 10. The number of rotatable bonds is 82. The number of carboxylic acids is 1. The number of hydrogen-bond donors (Lipinski definition) is 1. The quantitative estimate of drug-likeness (QED) is 0.0211. The van der Waals surface area contributed by atoms with Crippen LogP contribution >= 0.6 is 0 Å². The first kappa shape index (κ1) is 96.0. The number of unbranched alkanes of at least 4 members (excludes halogenated alkanes) is 57. The second-order valence-corrected chi connectivity index (χ2v) is 30.8. The van der Waals surface area contributed by atoms with Crippen molar-refractivity contribution in [3.05, 3.63) is 60.8 Å². The zero-order chi connectivity index (χ0) is 71.8. The van der Waals surface area contributed by atoms with E-state index in [0.717, 1.165) is 57.8 Å². The molecule has 0 aromatic carbocycles. The minimum absolute atomic E-state index is 0.176. The second-order valence-electron chi connectivity index (χ2n) is 30.8. The third kappa shape index (κ3) is 82.2. The lowest BCUT2D eigenvalue weighted by Gasteiger charge is -2.25. The standard InChI is InChI=1S/C90H167NO8/c1-6-8-10-12-14-16-18-20-22-24-26-28-30-32-34-36-38-40-41-42-43-44-45-46-47-49-51-53-55-57-59-61-63-65-67-69-71-73-75-77-79-81-88(93)99-86(85-98-90(89(94)95)96-83-82-91(3,4)5)84-97-87(92)80-78-76-74-72-70-68-66-64-62-60-58-56-54-52-50-48-39-37-35-33-31-29-27-25-23-21-19-17-15-13-11-9-7-2/h18-21,24-27,30,32,86,90H,6-17,22-23,28-29,31,33-85H2,1-5H3/p+1/b20-18-,21-19-,26-24-,27-25-,32-30-. The van der Waals surface area contributed by atoms with Crippen LogP contribution < -0.4 is 0 Å². The Labute approximate surface area is 615 Å². The van der Waals surface area contributed by atoms with E-state index in [4.69, 9.17) is 18.9 Å². The summed E-state index contributed by atoms with van der Waals surface area (Å²) in [5.41, 5.74) is 0. The van der Waals surface area contributed by atoms with E-state index in [9.17, 15) is 19.5 Å². The topological polar surface area (TPSA) is 108 Å². The van der Waals surface area contributed by atoms with Crippen LogP contribution in [0.1, 0.15) is 438 Å². The molecule has 0 aromatic heterocycles. The molecule has 2 unspecified atom stereocenters. The number of aliphatic carboxylic acids is 1. The molecule has 0 heterocycles. The Kier molecular flexibility index (Phi) is 78.2. The second kappa shape index (κ2) is 80.7. The van der Waals surface area contributed by atoms with Crippen LogP contribution in [0.4, 0.5) is 0 Å². The molecule has 0 aliphatic heterocycles. The van der Waals surface area contributed by atoms with E-state index < -0.39 is 18.4 Å². The number of esters is 2. The summed E-state index contributed by atoms with van der Waals surface area (Å²) < 4.78 is 23.1. The highest BCUT2D eigenvalue weighted by atomic mass is 16.7. The molecular weight excluding hydrogens is 1220 g/mol. The molecule has 2 atom stereocenters. The van der Waals surface area contributed by atoms with Crippen molar-refractivity contribution in [1.29, 1.82) is 0 Å². The number of hydrogen-bond acceptors (Lipinski definition) is 7. The summed E-state index contributed by atoms with van der Waals surface area (Å²) in [6.07, 6.45) is 106. The Morgan fingerprint density at radius 1 is 0.303 bits per heavy atom. The van der Waals surface area contributed by atoms with Gasteiger partial charge in [0.15, 0.2) is 6.10 Å². The van der Waals surface area contributed by atoms with Gasteiger partial charge in [-0.15, -0.1) is 0 Å². The molecule has 0 bridgehead atoms. The van der Waals surface area contributed by atoms with E-state index in [1.165, 1.54) is 353 Å². The first-order valence-electron chi connectivity index (χ1n) is 43.5. The van der Waals surface area contributed by atoms with Crippen LogP contribution in [0.15, 0.2) is 60.8 Å². The Hall–Kier alpha value is -3.01. The van der Waals surface area contributed by atoms with Crippen LogP contribution in [-0.4, -0.2) is 87.4 Å². The molecule has 0 aliphatic rings. The van der Waals surface area contributed by atoms with Crippen LogP contribution in [0.3, 0.4) is 0 Å². The van der Waals surface area contributed by atoms with E-state index in [2.05, 4.69) is 74.6 Å². The van der Waals surface area contributed by atoms with Gasteiger partial charge in [0, 0.05) is 12.8 Å². The predicted molar refractivity (Wildman–Crippen MR) is 429 cm³/mol. The molecule has 0 saturated heterocycles. The fourth-order valence-electron chi connectivity index (χ4n) is 13.1. The zero-order valence-electron chi connectivity index (χ0n) is 66.7. The molecule has 0 radical (unpaired) electrons. The van der Waals surface area contributed by atoms with Gasteiger partial charge in [0.05, 0.1) is 34.4 Å². The lowest BCUT2D eigenvalue weighted by Crippen LogP contribution is -2.40. The first-order chi connectivity index (χ1) is 48.6. The SMILES string of the molecule is CCCCCCC/C=C\C/C=C\C/C=C\CCCCCCCCCCCCCCCCCCCCCCCCCCCCC(=O)OC(COC(=O)CCCCCCCCCCCCCCCCCCCCCCC/C=C\C/C=C\CCCCCCC)COC(OCC[N+](C)(C)C)C(=O)O. The largest absolute Gasteiger partial charge is 0.477 e. The molecule has 0 saturated carbocycles. The maximum absolute atomic E-state index is 13.0. The summed E-state index contributed by atoms with van der Waals surface area (Å²) in [5, 5.41) is 9.79. The number of likely N-dealkylation sites (N-methyl/N-ethyl adjacent to an activating group) is 1. The van der Waals surface area contributed by atoms with Crippen LogP contribution in [0.5, 0.6) is 0 Å². The molecule has 0 rings (SSSR count). The molecule has 1 N–H and O–H groups in total. The van der Waals surface area contributed by atoms with Crippen LogP contribution in [0.2, 0.25) is 0 Å². The molecule has 0 amide bonds. The van der Waals surface area contributed by atoms with Crippen molar-refractivity contribution in [2.45, 2.75) is 450 Å². The summed E-state index contributed by atoms with van der Waals surface area (Å²) in [6, 6.07) is 0. The Bertz CT molecular complexity index is 1820. The smallest absolute Gasteiger partial charge is 0.361 e. The summed E-state index contributed by atoms with van der Waals surface area (Å²) in [6.45, 7) is 4.93. The van der Waals surface area contributed by atoms with Crippen molar-refractivity contribution in [3.63, 3.8) is 0 Å². The lowest BCUT2D eigenvalue weighted by molar-refractivity contribution is -0.870. The van der Waals surface area contributed by atoms with Gasteiger partial charge < -0.3 is 28.5 Å². The minimum Gasteiger partial charge on any atom is -0.477 e. The highest BCUT2D eigenvalue weighted by Crippen LogP contribution is 2.20. The summed E-state index contributed by atoms with van der Waals surface area (Å²) >= 11 is 0. The van der Waals surface area contributed by atoms with Crippen LogP contribution in [-0.2, 0) is 33.3 Å². The number of nitrogens with zero attached hydrogens (tertiary/aromatic N) is 1. The van der Waals surface area contributed by atoms with Gasteiger partial charge in [0.2, 0.25) is 0 Å². The number of carbonyl (C=O) groups excluding carboxylic acids is 2. The Morgan fingerprint density at radius 2 is 0.545 bits per heavy atom. The van der Waals surface area contributed by atoms with Gasteiger partial charge >= 0.3 is 17.9 Å². The van der Waals surface area contributed by atoms with Crippen molar-refractivity contribution >= 4 is 17.9 Å². The molecule has 9 heteroatoms. The molecule has 580 valence electrons. The average Bonchev–Trinajstić information content (AvgIpc) is 2.62. The fraction of sp³-hybridized carbons (Fsp3) is 0.856. The fourth-order valence-corrected chi connectivity index (χ4v) is 13.1. The van der Waals surface area contributed by atoms with Gasteiger partial charge in [-0.2, -0.15) is 0 Å². The third-order valence-corrected chi connectivity index (χ3v) is 19.7. The summed E-state index contributed by atoms with van der Waals surface area (Å²) in [7, 11) is 6.00. The van der Waals surface area contributed by atoms with E-state index in [0.29, 0.717) is 17.4 Å². The lowest BCUT2D eigenvalue weighted by atomic mass is 10.0. The van der Waals surface area contributed by atoms with E-state index in [1.807, 2.05) is 21.1 Å². The van der Waals surface area contributed by atoms with Gasteiger partial charge in [-0.25, -0.2) is 4.79 Å². The third-order valence-electron chi connectivity index (χ3n) is 19.7. The van der Waals surface area contributed by atoms with Gasteiger partial charge in [-0.05, 0) is 83.5 Å². The highest BCUT2D eigenvalue weighted by molar-refractivity contribution is 5.71. The molecular formula is C90H168NO8+. The van der Waals surface area contributed by atoms with Gasteiger partial charge in [-0.1, -0.05) is 402 Å². The van der Waals surface area contributed by atoms with Crippen LogP contribution in [0.25, 0.3) is 0 Å². The number of quaternary nitrogens is 1. The molecule has 0 spiro atoms. The maximum Gasteiger partial charge on any atom is 0.361 e. The molecule has 0 fully saturated rings. The zero-order valence-corrected chi connectivity index (χ0v) is 66.7. The van der Waals surface area contributed by atoms with Crippen molar-refractivity contribution in [3.8, 4) is 0 Å². The van der Waals surface area contributed by atoms with Gasteiger partial charge in [0.1, 0.15) is 13.2 Å². The van der Waals surface area contributed by atoms with Crippen LogP contribution in [0, 0.1) is 0 Å². The first-order valence-corrected chi connectivity index (χ1v) is 43.5. The van der Waals surface area contributed by atoms with Crippen molar-refractivity contribution < 1.29 is 42.9 Å². The normalized spacial score (nSPS) is 12.9. The number of ether oxygens (including phenoxy) is 4. The van der Waals surface area contributed by atoms with E-state index in [-0.39, 0.29) is 38.2 Å². The number of carbonyl (C=O) groups is 3. The Morgan fingerprint density at radius 3 is 0.808 bits per heavy atom. The van der Waals surface area contributed by atoms with Crippen molar-refractivity contribution in [2.24, 2.45) is 0 Å². The minimum atomic E-state index is -1.51. The highest BCUT2D eigenvalue weighted by Gasteiger charge is 2.25. The van der Waals surface area contributed by atoms with Gasteiger partial charge in [0.25, 0.3) is 6.29 Å². The molecule has 9 nitrogen and oxygen atoms in total. The van der Waals surface area contributed by atoms with Crippen molar-refractivity contribution in [1.82, 2.24) is 0 Å². The summed E-state index contributed by atoms with van der Waals surface area (Å²) in [4.78, 5) is 37.8. The van der Waals surface area contributed by atoms with E-state index >= 15 is 0 Å². The number of carboxylic acid groups (broad SMARTS) is 1. The summed E-state index contributed by atoms with van der Waals surface area (Å²) in [5.74, 6) is -1.97. The van der Waals surface area contributed by atoms with E-state index in [1.54, 1.807) is 0 Å². The average molecular weight is 1390 g/mol. The molecule has 0 aliphatic carbocycles. The monoisotopic (exact) mass is 1390 g/mol. The molecule has 99 heavy (non-hydrogen) atoms. The van der Waals surface area contributed by atoms with Gasteiger partial charge in [-0.3, -0.25) is 9.59 Å². The van der Waals surface area contributed by atoms with Crippen molar-refractivity contribution in [2.75, 3.05) is 47.5 Å². The molecule has 0 aromatic rings. The maximum atomic E-state index is 13.0. The Balaban J connectivity index is 3.92. The predicted octanol–water partition coefficient (Wildman–Crippen LogP) is 28.2.